The zero-order chi connectivity index (χ0) is 22.0. The molecule has 0 atom stereocenters. The second-order valence-corrected chi connectivity index (χ2v) is 8.06. The molecule has 0 unspecified atom stereocenters. The molecule has 1 fully saturated rings. The molecule has 0 amide bonds. The summed E-state index contributed by atoms with van der Waals surface area (Å²) in [5.41, 5.74) is 11.6. The van der Waals surface area contributed by atoms with Crippen LogP contribution in [-0.2, 0) is 0 Å². The number of anilines is 5. The van der Waals surface area contributed by atoms with E-state index in [0.717, 1.165) is 32.0 Å². The molecule has 8 heteroatoms. The lowest BCUT2D eigenvalue weighted by Crippen LogP contribution is -2.47. The van der Waals surface area contributed by atoms with E-state index in [9.17, 15) is 0 Å². The molecule has 2 heterocycles. The molecule has 3 aromatic rings. The van der Waals surface area contributed by atoms with Crippen molar-refractivity contribution in [2.24, 2.45) is 0 Å². The summed E-state index contributed by atoms with van der Waals surface area (Å²) in [6.07, 6.45) is 1.53. The Morgan fingerprint density at radius 3 is 2.52 bits per heavy atom. The molecule has 162 valence electrons. The predicted octanol–water partition coefficient (Wildman–Crippen LogP) is 4.41. The molecule has 1 aliphatic heterocycles. The SMILES string of the molecule is COc1ccc(Cl)cc1Nc1ncnc(N2CCN(c3cccc(C)c3C)CC2)c1N. The van der Waals surface area contributed by atoms with E-state index >= 15 is 0 Å². The second-order valence-electron chi connectivity index (χ2n) is 7.62. The highest BCUT2D eigenvalue weighted by Crippen LogP contribution is 2.34. The van der Waals surface area contributed by atoms with Crippen molar-refractivity contribution >= 4 is 40.3 Å². The minimum absolute atomic E-state index is 0.504. The highest BCUT2D eigenvalue weighted by molar-refractivity contribution is 6.31. The molecular formula is C23H27ClN6O. The topological polar surface area (TPSA) is 79.5 Å². The van der Waals surface area contributed by atoms with Crippen LogP contribution in [0, 0.1) is 13.8 Å². The third kappa shape index (κ3) is 4.32. The number of methoxy groups -OCH3 is 1. The molecule has 1 aliphatic rings. The van der Waals surface area contributed by atoms with Crippen LogP contribution in [0.1, 0.15) is 11.1 Å². The van der Waals surface area contributed by atoms with Gasteiger partial charge in [0.1, 0.15) is 17.8 Å². The Hall–Kier alpha value is -3.19. The van der Waals surface area contributed by atoms with E-state index in [1.54, 1.807) is 25.3 Å². The van der Waals surface area contributed by atoms with Crippen LogP contribution in [0.3, 0.4) is 0 Å². The van der Waals surface area contributed by atoms with Gasteiger partial charge >= 0.3 is 0 Å². The van der Waals surface area contributed by atoms with E-state index in [4.69, 9.17) is 22.1 Å². The normalized spacial score (nSPS) is 13.9. The lowest BCUT2D eigenvalue weighted by atomic mass is 10.1. The Bertz CT molecular complexity index is 1080. The van der Waals surface area contributed by atoms with E-state index in [1.165, 1.54) is 23.1 Å². The van der Waals surface area contributed by atoms with Crippen molar-refractivity contribution in [2.45, 2.75) is 13.8 Å². The van der Waals surface area contributed by atoms with Gasteiger partial charge in [-0.3, -0.25) is 0 Å². The maximum Gasteiger partial charge on any atom is 0.159 e. The van der Waals surface area contributed by atoms with Crippen LogP contribution in [0.15, 0.2) is 42.7 Å². The third-order valence-corrected chi connectivity index (χ3v) is 6.01. The number of hydrogen-bond donors (Lipinski definition) is 2. The maximum absolute atomic E-state index is 6.46. The van der Waals surface area contributed by atoms with E-state index < -0.39 is 0 Å². The van der Waals surface area contributed by atoms with Gasteiger partial charge in [0, 0.05) is 36.9 Å². The van der Waals surface area contributed by atoms with Crippen LogP contribution < -0.4 is 25.6 Å². The number of halogens is 1. The summed E-state index contributed by atoms with van der Waals surface area (Å²) in [7, 11) is 1.61. The van der Waals surface area contributed by atoms with Crippen molar-refractivity contribution in [2.75, 3.05) is 54.1 Å². The first-order valence-corrected chi connectivity index (χ1v) is 10.6. The van der Waals surface area contributed by atoms with Gasteiger partial charge in [0.15, 0.2) is 11.6 Å². The number of aryl methyl sites for hydroxylation is 1. The highest BCUT2D eigenvalue weighted by atomic mass is 35.5. The van der Waals surface area contributed by atoms with Crippen molar-refractivity contribution < 1.29 is 4.74 Å². The smallest absolute Gasteiger partial charge is 0.159 e. The van der Waals surface area contributed by atoms with Crippen LogP contribution >= 0.6 is 11.6 Å². The van der Waals surface area contributed by atoms with Gasteiger partial charge in [-0.05, 0) is 49.2 Å². The van der Waals surface area contributed by atoms with Crippen molar-refractivity contribution in [3.63, 3.8) is 0 Å². The zero-order valence-corrected chi connectivity index (χ0v) is 18.8. The molecule has 2 aromatic carbocycles. The number of ether oxygens (including phenoxy) is 1. The van der Waals surface area contributed by atoms with Crippen LogP contribution in [0.5, 0.6) is 5.75 Å². The van der Waals surface area contributed by atoms with E-state index in [-0.39, 0.29) is 0 Å². The fraction of sp³-hybridized carbons (Fsp3) is 0.304. The van der Waals surface area contributed by atoms with Gasteiger partial charge in [-0.1, -0.05) is 23.7 Å². The average Bonchev–Trinajstić information content (AvgIpc) is 2.77. The summed E-state index contributed by atoms with van der Waals surface area (Å²) in [6, 6.07) is 11.8. The fourth-order valence-corrected chi connectivity index (χ4v) is 4.05. The quantitative estimate of drug-likeness (QED) is 0.610. The third-order valence-electron chi connectivity index (χ3n) is 5.77. The lowest BCUT2D eigenvalue weighted by Gasteiger charge is -2.38. The lowest BCUT2D eigenvalue weighted by molar-refractivity contribution is 0.417. The summed E-state index contributed by atoms with van der Waals surface area (Å²) in [5.74, 6) is 1.92. The van der Waals surface area contributed by atoms with Crippen LogP contribution in [0.2, 0.25) is 5.02 Å². The average molecular weight is 439 g/mol. The number of nitrogens with two attached hydrogens (primary N) is 1. The molecule has 0 saturated carbocycles. The van der Waals surface area contributed by atoms with Gasteiger partial charge < -0.3 is 25.6 Å². The maximum atomic E-state index is 6.46. The molecule has 7 nitrogen and oxygen atoms in total. The molecule has 1 aromatic heterocycles. The number of benzene rings is 2. The Balaban J connectivity index is 1.52. The number of piperazine rings is 1. The van der Waals surface area contributed by atoms with Crippen LogP contribution in [-0.4, -0.2) is 43.3 Å². The Kier molecular flexibility index (Phi) is 6.04. The van der Waals surface area contributed by atoms with Crippen LogP contribution in [0.25, 0.3) is 0 Å². The van der Waals surface area contributed by atoms with Gasteiger partial charge in [0.2, 0.25) is 0 Å². The predicted molar refractivity (Wildman–Crippen MR) is 128 cm³/mol. The number of nitrogens with zero attached hydrogens (tertiary/aromatic N) is 4. The second kappa shape index (κ2) is 8.89. The first-order chi connectivity index (χ1) is 15.0. The minimum Gasteiger partial charge on any atom is -0.495 e. The number of rotatable bonds is 5. The monoisotopic (exact) mass is 438 g/mol. The summed E-state index contributed by atoms with van der Waals surface area (Å²) in [5, 5.41) is 3.83. The first-order valence-electron chi connectivity index (χ1n) is 10.2. The van der Waals surface area contributed by atoms with Crippen molar-refractivity contribution in [1.29, 1.82) is 0 Å². The molecule has 0 aliphatic carbocycles. The summed E-state index contributed by atoms with van der Waals surface area (Å²) in [4.78, 5) is 13.4. The fourth-order valence-electron chi connectivity index (χ4n) is 3.88. The van der Waals surface area contributed by atoms with Crippen LogP contribution in [0.4, 0.5) is 28.7 Å². The van der Waals surface area contributed by atoms with Gasteiger partial charge in [-0.25, -0.2) is 9.97 Å². The standard InChI is InChI=1S/C23H27ClN6O/c1-15-5-4-6-19(16(15)2)29-9-11-30(12-10-29)23-21(25)22(26-14-27-23)28-18-13-17(24)7-8-20(18)31-3/h4-8,13-14H,9-12,25H2,1-3H3,(H,26,27,28). The highest BCUT2D eigenvalue weighted by Gasteiger charge is 2.23. The molecule has 0 spiro atoms. The summed E-state index contributed by atoms with van der Waals surface area (Å²) < 4.78 is 5.41. The molecule has 1 saturated heterocycles. The Morgan fingerprint density at radius 2 is 1.77 bits per heavy atom. The summed E-state index contributed by atoms with van der Waals surface area (Å²) in [6.45, 7) is 7.79. The largest absolute Gasteiger partial charge is 0.495 e. The van der Waals surface area contributed by atoms with E-state index in [2.05, 4.69) is 57.1 Å². The van der Waals surface area contributed by atoms with Gasteiger partial charge in [0.25, 0.3) is 0 Å². The summed E-state index contributed by atoms with van der Waals surface area (Å²) >= 11 is 6.15. The number of nitrogen functional groups attached to an aromatic ring is 1. The van der Waals surface area contributed by atoms with Crippen molar-refractivity contribution in [3.8, 4) is 5.75 Å². The van der Waals surface area contributed by atoms with Crippen molar-refractivity contribution in [3.05, 3.63) is 58.9 Å². The van der Waals surface area contributed by atoms with Gasteiger partial charge in [-0.2, -0.15) is 0 Å². The first kappa shape index (κ1) is 21.1. The number of aromatic nitrogens is 2. The Labute approximate surface area is 187 Å². The molecule has 0 radical (unpaired) electrons. The molecular weight excluding hydrogens is 412 g/mol. The zero-order valence-electron chi connectivity index (χ0n) is 18.0. The molecule has 0 bridgehead atoms. The van der Waals surface area contributed by atoms with Gasteiger partial charge in [0.05, 0.1) is 12.8 Å². The molecule has 31 heavy (non-hydrogen) atoms. The number of nitrogens with one attached hydrogen (secondary N) is 1. The van der Waals surface area contributed by atoms with Crippen molar-refractivity contribution in [1.82, 2.24) is 9.97 Å². The number of hydrogen-bond acceptors (Lipinski definition) is 7. The van der Waals surface area contributed by atoms with E-state index in [0.29, 0.717) is 28.0 Å². The Morgan fingerprint density at radius 1 is 1.03 bits per heavy atom. The molecule has 4 rings (SSSR count). The minimum atomic E-state index is 0.504. The molecule has 3 N–H and O–H groups in total. The van der Waals surface area contributed by atoms with Gasteiger partial charge in [-0.15, -0.1) is 0 Å². The van der Waals surface area contributed by atoms with E-state index in [1.807, 2.05) is 0 Å².